The highest BCUT2D eigenvalue weighted by Gasteiger charge is 2.33. The second-order valence-corrected chi connectivity index (χ2v) is 8.10. The lowest BCUT2D eigenvalue weighted by molar-refractivity contribution is -0.148. The summed E-state index contributed by atoms with van der Waals surface area (Å²) in [6.07, 6.45) is 0. The lowest BCUT2D eigenvalue weighted by Gasteiger charge is -2.42. The maximum Gasteiger partial charge on any atom is 0.310 e. The van der Waals surface area contributed by atoms with Crippen LogP contribution in [0.1, 0.15) is 26.3 Å². The van der Waals surface area contributed by atoms with Gasteiger partial charge in [0.25, 0.3) is 0 Å². The zero-order valence-electron chi connectivity index (χ0n) is 16.1. The fourth-order valence-electron chi connectivity index (χ4n) is 3.72. The van der Waals surface area contributed by atoms with Crippen LogP contribution in [0, 0.1) is 5.41 Å². The lowest BCUT2D eigenvalue weighted by atomic mass is 9.92. The molecule has 0 saturated carbocycles. The van der Waals surface area contributed by atoms with E-state index in [9.17, 15) is 9.90 Å². The Labute approximate surface area is 154 Å². The van der Waals surface area contributed by atoms with E-state index in [1.54, 1.807) is 18.5 Å². The predicted molar refractivity (Wildman–Crippen MR) is 103 cm³/mol. The molecule has 7 heteroatoms. The van der Waals surface area contributed by atoms with Crippen molar-refractivity contribution in [3.8, 4) is 0 Å². The highest BCUT2D eigenvalue weighted by atomic mass is 16.4. The molecule has 3 rings (SSSR count). The molecule has 0 spiro atoms. The number of nitrogen functional groups attached to an aromatic ring is 1. The van der Waals surface area contributed by atoms with Crippen molar-refractivity contribution in [3.05, 3.63) is 23.8 Å². The van der Waals surface area contributed by atoms with Gasteiger partial charge in [-0.15, -0.1) is 0 Å². The van der Waals surface area contributed by atoms with E-state index in [1.165, 1.54) is 5.56 Å². The molecule has 2 aromatic rings. The summed E-state index contributed by atoms with van der Waals surface area (Å²) in [6.45, 7) is 9.95. The van der Waals surface area contributed by atoms with Gasteiger partial charge in [0.1, 0.15) is 0 Å². The number of carbonyl (C=O) groups is 1. The fourth-order valence-corrected chi connectivity index (χ4v) is 3.72. The number of nitrogens with zero attached hydrogens (tertiary/aromatic N) is 4. The van der Waals surface area contributed by atoms with Gasteiger partial charge in [0, 0.05) is 51.2 Å². The Morgan fingerprint density at radius 3 is 2.77 bits per heavy atom. The normalized spacial score (nSPS) is 19.9. The fraction of sp³-hybridized carbons (Fsp3) is 0.579. The Balaban J connectivity index is 1.64. The van der Waals surface area contributed by atoms with Crippen LogP contribution in [0.15, 0.2) is 18.2 Å². The molecular formula is C19H29N5O2. The van der Waals surface area contributed by atoms with E-state index in [4.69, 9.17) is 5.73 Å². The average molecular weight is 359 g/mol. The van der Waals surface area contributed by atoms with Crippen LogP contribution in [0.5, 0.6) is 0 Å². The van der Waals surface area contributed by atoms with Gasteiger partial charge >= 0.3 is 5.97 Å². The molecule has 26 heavy (non-hydrogen) atoms. The van der Waals surface area contributed by atoms with Gasteiger partial charge in [-0.1, -0.05) is 6.07 Å². The number of benzene rings is 1. The molecule has 0 unspecified atom stereocenters. The van der Waals surface area contributed by atoms with Crippen LogP contribution >= 0.6 is 0 Å². The number of rotatable bonds is 5. The number of nitrogens with two attached hydrogens (primary N) is 1. The van der Waals surface area contributed by atoms with E-state index in [1.807, 2.05) is 7.05 Å². The second-order valence-electron chi connectivity index (χ2n) is 8.10. The number of aliphatic carboxylic acids is 1. The summed E-state index contributed by atoms with van der Waals surface area (Å²) in [5, 5.41) is 14.6. The van der Waals surface area contributed by atoms with Gasteiger partial charge in [0.2, 0.25) is 0 Å². The van der Waals surface area contributed by atoms with Gasteiger partial charge in [-0.25, -0.2) is 0 Å². The summed E-state index contributed by atoms with van der Waals surface area (Å²) < 4.78 is 1.81. The molecule has 7 nitrogen and oxygen atoms in total. The predicted octanol–water partition coefficient (Wildman–Crippen LogP) is 1.77. The zero-order valence-corrected chi connectivity index (χ0v) is 16.1. The summed E-state index contributed by atoms with van der Waals surface area (Å²) in [5.74, 6) is -0.173. The number of hydrogen-bond donors (Lipinski definition) is 2. The van der Waals surface area contributed by atoms with Crippen molar-refractivity contribution in [1.29, 1.82) is 0 Å². The maximum atomic E-state index is 11.4. The van der Waals surface area contributed by atoms with Crippen LogP contribution in [0.25, 0.3) is 10.9 Å². The summed E-state index contributed by atoms with van der Waals surface area (Å²) >= 11 is 0. The molecule has 1 aliphatic heterocycles. The van der Waals surface area contributed by atoms with E-state index in [2.05, 4.69) is 40.0 Å². The van der Waals surface area contributed by atoms with Crippen LogP contribution in [0.2, 0.25) is 0 Å². The quantitative estimate of drug-likeness (QED) is 0.846. The standard InChI is InChI=1S/C19H29N5O2/c1-13-10-23(7-8-24(13)12-19(2,3)18(25)26)11-14-5-6-16-15(9-14)17(20)21-22(16)4/h5-6,9,13H,7-8,10-12H2,1-4H3,(H2,20,21)(H,25,26)/t13-/m0/s1. The van der Waals surface area contributed by atoms with Gasteiger partial charge < -0.3 is 10.8 Å². The number of hydrogen-bond acceptors (Lipinski definition) is 5. The second kappa shape index (κ2) is 6.89. The van der Waals surface area contributed by atoms with Crippen molar-refractivity contribution in [2.45, 2.75) is 33.4 Å². The third-order valence-electron chi connectivity index (χ3n) is 5.38. The van der Waals surface area contributed by atoms with Crippen LogP contribution in [0.4, 0.5) is 5.82 Å². The Morgan fingerprint density at radius 1 is 1.38 bits per heavy atom. The number of piperazine rings is 1. The van der Waals surface area contributed by atoms with Crippen molar-refractivity contribution in [2.75, 3.05) is 31.9 Å². The third kappa shape index (κ3) is 3.68. The zero-order chi connectivity index (χ0) is 19.1. The Morgan fingerprint density at radius 2 is 2.12 bits per heavy atom. The minimum absolute atomic E-state index is 0.328. The molecule has 0 aliphatic carbocycles. The van der Waals surface area contributed by atoms with Crippen molar-refractivity contribution < 1.29 is 9.90 Å². The maximum absolute atomic E-state index is 11.4. The number of carboxylic acid groups (broad SMARTS) is 1. The molecule has 0 amide bonds. The van der Waals surface area contributed by atoms with Crippen LogP contribution in [0.3, 0.4) is 0 Å². The highest BCUT2D eigenvalue weighted by Crippen LogP contribution is 2.24. The molecule has 1 fully saturated rings. The summed E-state index contributed by atoms with van der Waals surface area (Å²) in [6, 6.07) is 6.66. The molecule has 1 atom stereocenters. The molecule has 1 saturated heterocycles. The van der Waals surface area contributed by atoms with E-state index in [0.29, 0.717) is 18.4 Å². The molecule has 1 aromatic carbocycles. The Bertz CT molecular complexity index is 814. The molecule has 1 aromatic heterocycles. The molecule has 3 N–H and O–H groups in total. The number of fused-ring (bicyclic) bond motifs is 1. The number of aryl methyl sites for hydroxylation is 1. The summed E-state index contributed by atoms with van der Waals surface area (Å²) in [7, 11) is 1.90. The molecular weight excluding hydrogens is 330 g/mol. The first-order valence-electron chi connectivity index (χ1n) is 9.08. The van der Waals surface area contributed by atoms with Gasteiger partial charge in [0.05, 0.1) is 10.9 Å². The lowest BCUT2D eigenvalue weighted by Crippen LogP contribution is -2.54. The number of aromatic nitrogens is 2. The summed E-state index contributed by atoms with van der Waals surface area (Å²) in [5.41, 5.74) is 7.55. The van der Waals surface area contributed by atoms with Crippen LogP contribution in [-0.4, -0.2) is 62.9 Å². The number of carboxylic acids is 1. The van der Waals surface area contributed by atoms with E-state index in [-0.39, 0.29) is 0 Å². The SMILES string of the molecule is C[C@H]1CN(Cc2ccc3c(c2)c(N)nn3C)CCN1CC(C)(C)C(=O)O. The monoisotopic (exact) mass is 359 g/mol. The topological polar surface area (TPSA) is 87.6 Å². The third-order valence-corrected chi connectivity index (χ3v) is 5.38. The first-order valence-corrected chi connectivity index (χ1v) is 9.08. The van der Waals surface area contributed by atoms with Crippen LogP contribution < -0.4 is 5.73 Å². The Hall–Kier alpha value is -2.12. The largest absolute Gasteiger partial charge is 0.481 e. The smallest absolute Gasteiger partial charge is 0.310 e. The van der Waals surface area contributed by atoms with Gasteiger partial charge in [-0.3, -0.25) is 19.3 Å². The Kier molecular flexibility index (Phi) is 4.94. The van der Waals surface area contributed by atoms with Crippen molar-refractivity contribution in [2.24, 2.45) is 12.5 Å². The van der Waals surface area contributed by atoms with E-state index < -0.39 is 11.4 Å². The number of anilines is 1. The molecule has 0 radical (unpaired) electrons. The first-order chi connectivity index (χ1) is 12.2. The first kappa shape index (κ1) is 18.7. The minimum atomic E-state index is -0.741. The molecule has 1 aliphatic rings. The molecule has 2 heterocycles. The van der Waals surface area contributed by atoms with Gasteiger partial charge in [-0.2, -0.15) is 5.10 Å². The van der Waals surface area contributed by atoms with E-state index in [0.717, 1.165) is 37.1 Å². The van der Waals surface area contributed by atoms with Gasteiger partial charge in [-0.05, 0) is 38.5 Å². The minimum Gasteiger partial charge on any atom is -0.481 e. The van der Waals surface area contributed by atoms with E-state index >= 15 is 0 Å². The van der Waals surface area contributed by atoms with Crippen molar-refractivity contribution in [1.82, 2.24) is 19.6 Å². The van der Waals surface area contributed by atoms with Crippen molar-refractivity contribution >= 4 is 22.7 Å². The average Bonchev–Trinajstić information content (AvgIpc) is 2.84. The van der Waals surface area contributed by atoms with Gasteiger partial charge in [0.15, 0.2) is 5.82 Å². The molecule has 0 bridgehead atoms. The summed E-state index contributed by atoms with van der Waals surface area (Å²) in [4.78, 5) is 16.1. The van der Waals surface area contributed by atoms with Crippen molar-refractivity contribution in [3.63, 3.8) is 0 Å². The molecule has 142 valence electrons. The van der Waals surface area contributed by atoms with Crippen LogP contribution in [-0.2, 0) is 18.4 Å². The highest BCUT2D eigenvalue weighted by molar-refractivity contribution is 5.89.